The minimum absolute atomic E-state index is 0.169. The number of nitrogens with zero attached hydrogens (tertiary/aromatic N) is 2. The zero-order chi connectivity index (χ0) is 13.0. The van der Waals surface area contributed by atoms with E-state index in [1.165, 1.54) is 5.56 Å². The fourth-order valence-electron chi connectivity index (χ4n) is 1.86. The topological polar surface area (TPSA) is 63.8 Å². The first-order valence-electron chi connectivity index (χ1n) is 6.08. The van der Waals surface area contributed by atoms with Gasteiger partial charge < -0.3 is 0 Å². The molecule has 0 bridgehead atoms. The lowest BCUT2D eigenvalue weighted by atomic mass is 10.0. The monoisotopic (exact) mass is 242 g/mol. The van der Waals surface area contributed by atoms with E-state index in [-0.39, 0.29) is 6.04 Å². The normalized spacial score (nSPS) is 12.4. The van der Waals surface area contributed by atoms with Crippen molar-refractivity contribution >= 4 is 0 Å². The Morgan fingerprint density at radius 3 is 2.61 bits per heavy atom. The van der Waals surface area contributed by atoms with Crippen LogP contribution in [0.1, 0.15) is 35.5 Å². The summed E-state index contributed by atoms with van der Waals surface area (Å²) < 4.78 is 0. The summed E-state index contributed by atoms with van der Waals surface area (Å²) in [6.07, 6.45) is 4.60. The van der Waals surface area contributed by atoms with E-state index in [2.05, 4.69) is 34.5 Å². The van der Waals surface area contributed by atoms with Crippen molar-refractivity contribution in [2.45, 2.75) is 26.3 Å². The highest BCUT2D eigenvalue weighted by Gasteiger charge is 2.15. The number of nitrogens with one attached hydrogen (secondary N) is 1. The first-order chi connectivity index (χ1) is 8.74. The maximum Gasteiger partial charge on any atom is 0.150 e. The summed E-state index contributed by atoms with van der Waals surface area (Å²) >= 11 is 0. The molecule has 1 heterocycles. The summed E-state index contributed by atoms with van der Waals surface area (Å²) in [5.41, 5.74) is 6.18. The number of rotatable bonds is 4. The van der Waals surface area contributed by atoms with Crippen LogP contribution in [0.15, 0.2) is 36.7 Å². The van der Waals surface area contributed by atoms with Crippen LogP contribution in [-0.2, 0) is 6.42 Å². The van der Waals surface area contributed by atoms with E-state index in [4.69, 9.17) is 5.84 Å². The molecule has 1 aromatic heterocycles. The summed E-state index contributed by atoms with van der Waals surface area (Å²) in [6, 6.07) is 8.14. The van der Waals surface area contributed by atoms with Gasteiger partial charge in [-0.15, -0.1) is 0 Å². The molecule has 0 amide bonds. The molecule has 1 unspecified atom stereocenters. The van der Waals surface area contributed by atoms with Crippen LogP contribution in [0, 0.1) is 6.92 Å². The largest absolute Gasteiger partial charge is 0.270 e. The van der Waals surface area contributed by atoms with Crippen molar-refractivity contribution in [3.8, 4) is 0 Å². The van der Waals surface area contributed by atoms with Gasteiger partial charge in [0.1, 0.15) is 6.04 Å². The van der Waals surface area contributed by atoms with E-state index in [1.54, 1.807) is 12.4 Å². The molecule has 2 aromatic rings. The van der Waals surface area contributed by atoms with Gasteiger partial charge in [-0.1, -0.05) is 31.2 Å². The average molecular weight is 242 g/mol. The molecule has 0 spiro atoms. The molecule has 0 fully saturated rings. The van der Waals surface area contributed by atoms with Crippen LogP contribution in [0.4, 0.5) is 0 Å². The lowest BCUT2D eigenvalue weighted by Gasteiger charge is -2.15. The maximum atomic E-state index is 5.64. The van der Waals surface area contributed by atoms with Gasteiger partial charge in [0.05, 0.1) is 0 Å². The molecule has 2 rings (SSSR count). The second-order valence-electron chi connectivity index (χ2n) is 4.32. The third kappa shape index (κ3) is 2.72. The molecule has 4 nitrogen and oxygen atoms in total. The van der Waals surface area contributed by atoms with Gasteiger partial charge in [-0.2, -0.15) is 0 Å². The molecule has 0 aliphatic heterocycles. The molecule has 0 radical (unpaired) electrons. The number of hydrogen-bond acceptors (Lipinski definition) is 4. The molecule has 1 atom stereocenters. The van der Waals surface area contributed by atoms with Gasteiger partial charge in [-0.3, -0.25) is 5.84 Å². The average Bonchev–Trinajstić information content (AvgIpc) is 2.42. The zero-order valence-corrected chi connectivity index (χ0v) is 10.7. The summed E-state index contributed by atoms with van der Waals surface area (Å²) in [5, 5.41) is 0. The smallest absolute Gasteiger partial charge is 0.150 e. The Balaban J connectivity index is 2.35. The Kier molecular flexibility index (Phi) is 4.02. The predicted molar refractivity (Wildman–Crippen MR) is 71.8 cm³/mol. The van der Waals surface area contributed by atoms with Gasteiger partial charge in [0.25, 0.3) is 0 Å². The van der Waals surface area contributed by atoms with E-state index < -0.39 is 0 Å². The fourth-order valence-corrected chi connectivity index (χ4v) is 1.86. The van der Waals surface area contributed by atoms with Crippen molar-refractivity contribution in [1.82, 2.24) is 15.4 Å². The quantitative estimate of drug-likeness (QED) is 0.635. The Morgan fingerprint density at radius 2 is 2.00 bits per heavy atom. The van der Waals surface area contributed by atoms with E-state index in [0.717, 1.165) is 17.5 Å². The molecule has 3 N–H and O–H groups in total. The minimum atomic E-state index is -0.169. The van der Waals surface area contributed by atoms with Gasteiger partial charge >= 0.3 is 0 Å². The molecule has 0 saturated carbocycles. The van der Waals surface area contributed by atoms with Crippen molar-refractivity contribution in [1.29, 1.82) is 0 Å². The third-order valence-electron chi connectivity index (χ3n) is 2.92. The van der Waals surface area contributed by atoms with Crippen molar-refractivity contribution in [2.75, 3.05) is 0 Å². The van der Waals surface area contributed by atoms with E-state index in [9.17, 15) is 0 Å². The summed E-state index contributed by atoms with van der Waals surface area (Å²) in [5.74, 6) is 6.33. The van der Waals surface area contributed by atoms with Crippen LogP contribution < -0.4 is 11.3 Å². The Labute approximate surface area is 107 Å². The first kappa shape index (κ1) is 12.7. The first-order valence-corrected chi connectivity index (χ1v) is 6.08. The minimum Gasteiger partial charge on any atom is -0.270 e. The van der Waals surface area contributed by atoms with Crippen molar-refractivity contribution in [3.63, 3.8) is 0 Å². The van der Waals surface area contributed by atoms with E-state index >= 15 is 0 Å². The van der Waals surface area contributed by atoms with Gasteiger partial charge in [0.15, 0.2) is 5.82 Å². The SMILES string of the molecule is CCc1cccc(C(NN)c2ncc(C)cn2)c1. The van der Waals surface area contributed by atoms with Crippen LogP contribution in [-0.4, -0.2) is 9.97 Å². The summed E-state index contributed by atoms with van der Waals surface area (Å²) in [6.45, 7) is 4.10. The summed E-state index contributed by atoms with van der Waals surface area (Å²) in [7, 11) is 0. The molecule has 0 aliphatic carbocycles. The molecule has 0 aliphatic rings. The summed E-state index contributed by atoms with van der Waals surface area (Å²) in [4.78, 5) is 8.66. The van der Waals surface area contributed by atoms with E-state index in [1.807, 2.05) is 19.1 Å². The van der Waals surface area contributed by atoms with Crippen LogP contribution in [0.2, 0.25) is 0 Å². The number of hydrogen-bond donors (Lipinski definition) is 2. The van der Waals surface area contributed by atoms with Crippen molar-refractivity contribution < 1.29 is 0 Å². The van der Waals surface area contributed by atoms with Gasteiger partial charge in [-0.25, -0.2) is 15.4 Å². The van der Waals surface area contributed by atoms with Crippen LogP contribution >= 0.6 is 0 Å². The van der Waals surface area contributed by atoms with Crippen LogP contribution in [0.5, 0.6) is 0 Å². The van der Waals surface area contributed by atoms with Crippen LogP contribution in [0.3, 0.4) is 0 Å². The number of hydrazine groups is 1. The van der Waals surface area contributed by atoms with Crippen molar-refractivity contribution in [3.05, 3.63) is 59.2 Å². The van der Waals surface area contributed by atoms with Crippen LogP contribution in [0.25, 0.3) is 0 Å². The highest BCUT2D eigenvalue weighted by molar-refractivity contribution is 5.29. The standard InChI is InChI=1S/C14H18N4/c1-3-11-5-4-6-12(7-11)13(18-15)14-16-8-10(2)9-17-14/h4-9,13,18H,3,15H2,1-2H3. The third-order valence-corrected chi connectivity index (χ3v) is 2.92. The molecule has 18 heavy (non-hydrogen) atoms. The van der Waals surface area contributed by atoms with E-state index in [0.29, 0.717) is 5.82 Å². The van der Waals surface area contributed by atoms with Gasteiger partial charge in [-0.05, 0) is 30.0 Å². The highest BCUT2D eigenvalue weighted by Crippen LogP contribution is 2.19. The second kappa shape index (κ2) is 5.71. The van der Waals surface area contributed by atoms with Gasteiger partial charge in [0, 0.05) is 12.4 Å². The van der Waals surface area contributed by atoms with Gasteiger partial charge in [0.2, 0.25) is 0 Å². The Morgan fingerprint density at radius 1 is 1.28 bits per heavy atom. The second-order valence-corrected chi connectivity index (χ2v) is 4.32. The fraction of sp³-hybridized carbons (Fsp3) is 0.286. The number of aromatic nitrogens is 2. The number of aryl methyl sites for hydroxylation is 2. The van der Waals surface area contributed by atoms with Crippen molar-refractivity contribution in [2.24, 2.45) is 5.84 Å². The lowest BCUT2D eigenvalue weighted by Crippen LogP contribution is -2.30. The molecular weight excluding hydrogens is 224 g/mol. The number of nitrogens with two attached hydrogens (primary N) is 1. The number of benzene rings is 1. The lowest BCUT2D eigenvalue weighted by molar-refractivity contribution is 0.600. The Hall–Kier alpha value is -1.78. The molecule has 1 aromatic carbocycles. The zero-order valence-electron chi connectivity index (χ0n) is 10.7. The molecule has 94 valence electrons. The Bertz CT molecular complexity index is 507. The predicted octanol–water partition coefficient (Wildman–Crippen LogP) is 1.90. The molecule has 0 saturated heterocycles. The maximum absolute atomic E-state index is 5.64. The molecule has 4 heteroatoms. The molecular formula is C14H18N4. The highest BCUT2D eigenvalue weighted by atomic mass is 15.2.